The minimum atomic E-state index is -0.854. The summed E-state index contributed by atoms with van der Waals surface area (Å²) in [4.78, 5) is 23.6. The van der Waals surface area contributed by atoms with Crippen molar-refractivity contribution in [3.05, 3.63) is 57.0 Å². The van der Waals surface area contributed by atoms with Gasteiger partial charge < -0.3 is 10.6 Å². The number of carbonyl (C=O) groups is 2. The second kappa shape index (κ2) is 6.93. The lowest BCUT2D eigenvalue weighted by atomic mass is 10.3. The summed E-state index contributed by atoms with van der Waals surface area (Å²) in [6, 6.07) is 11.6. The minimum Gasteiger partial charge on any atom is -0.318 e. The van der Waals surface area contributed by atoms with Gasteiger partial charge in [-0.15, -0.1) is 0 Å². The van der Waals surface area contributed by atoms with Gasteiger partial charge in [-0.1, -0.05) is 45.2 Å². The van der Waals surface area contributed by atoms with Gasteiger partial charge >= 0.3 is 11.8 Å². The molecule has 4 nitrogen and oxygen atoms in total. The Labute approximate surface area is 139 Å². The lowest BCUT2D eigenvalue weighted by molar-refractivity contribution is -0.132. The monoisotopic (exact) mass is 386 g/mol. The average molecular weight is 388 g/mol. The Morgan fingerprint density at radius 3 is 1.95 bits per heavy atom. The van der Waals surface area contributed by atoms with Crippen molar-refractivity contribution >= 4 is 62.3 Å². The van der Waals surface area contributed by atoms with Gasteiger partial charge in [0.15, 0.2) is 0 Å². The summed E-state index contributed by atoms with van der Waals surface area (Å²) in [6.45, 7) is 0. The van der Waals surface area contributed by atoms with E-state index < -0.39 is 11.8 Å². The van der Waals surface area contributed by atoms with Crippen LogP contribution in [0.1, 0.15) is 0 Å². The molecule has 0 atom stereocenters. The van der Waals surface area contributed by atoms with Crippen molar-refractivity contribution in [1.29, 1.82) is 0 Å². The third-order valence-corrected chi connectivity index (χ3v) is 3.67. The number of amides is 2. The Hall–Kier alpha value is -1.56. The van der Waals surface area contributed by atoms with Gasteiger partial charge in [-0.2, -0.15) is 0 Å². The summed E-state index contributed by atoms with van der Waals surface area (Å²) in [7, 11) is 0. The van der Waals surface area contributed by atoms with Gasteiger partial charge in [-0.3, -0.25) is 9.59 Å². The summed E-state index contributed by atoms with van der Waals surface area (Å²) >= 11 is 15.1. The molecule has 2 amide bonds. The number of benzene rings is 2. The van der Waals surface area contributed by atoms with E-state index in [1.807, 2.05) is 0 Å². The van der Waals surface area contributed by atoms with Gasteiger partial charge in [0.2, 0.25) is 0 Å². The summed E-state index contributed by atoms with van der Waals surface area (Å²) in [5, 5.41) is 5.37. The van der Waals surface area contributed by atoms with Gasteiger partial charge in [0.25, 0.3) is 0 Å². The van der Waals surface area contributed by atoms with Crippen LogP contribution in [0.3, 0.4) is 0 Å². The van der Waals surface area contributed by atoms with Crippen LogP contribution in [0.4, 0.5) is 11.4 Å². The molecule has 108 valence electrons. The summed E-state index contributed by atoms with van der Waals surface area (Å²) in [6.07, 6.45) is 0. The van der Waals surface area contributed by atoms with Crippen molar-refractivity contribution < 1.29 is 9.59 Å². The largest absolute Gasteiger partial charge is 0.318 e. The quantitative estimate of drug-likeness (QED) is 0.753. The molecule has 2 aromatic rings. The van der Waals surface area contributed by atoms with Crippen molar-refractivity contribution in [3.63, 3.8) is 0 Å². The highest BCUT2D eigenvalue weighted by Gasteiger charge is 2.17. The topological polar surface area (TPSA) is 58.2 Å². The number of halogens is 3. The highest BCUT2D eigenvalue weighted by Crippen LogP contribution is 2.29. The van der Waals surface area contributed by atoms with Crippen LogP contribution in [0.25, 0.3) is 0 Å². The Balaban J connectivity index is 2.06. The molecule has 7 heteroatoms. The van der Waals surface area contributed by atoms with Crippen LogP contribution in [0.15, 0.2) is 46.9 Å². The molecule has 2 aromatic carbocycles. The Bertz CT molecular complexity index is 670. The molecule has 2 N–H and O–H groups in total. The van der Waals surface area contributed by atoms with Crippen LogP contribution >= 0.6 is 39.1 Å². The van der Waals surface area contributed by atoms with E-state index in [9.17, 15) is 9.59 Å². The highest BCUT2D eigenvalue weighted by atomic mass is 79.9. The number of para-hydroxylation sites is 1. The molecule has 0 aliphatic carbocycles. The number of hydrogen-bond acceptors (Lipinski definition) is 2. The molecule has 0 aliphatic heterocycles. The normalized spacial score (nSPS) is 10.0. The third-order valence-electron chi connectivity index (χ3n) is 2.51. The zero-order valence-electron chi connectivity index (χ0n) is 10.5. The van der Waals surface area contributed by atoms with Crippen LogP contribution in [-0.4, -0.2) is 11.8 Å². The fraction of sp³-hybridized carbons (Fsp3) is 0. The average Bonchev–Trinajstić information content (AvgIpc) is 2.45. The molecule has 0 fully saturated rings. The molecule has 0 radical (unpaired) electrons. The van der Waals surface area contributed by atoms with E-state index in [1.165, 1.54) is 0 Å². The van der Waals surface area contributed by atoms with Crippen LogP contribution in [0.5, 0.6) is 0 Å². The summed E-state index contributed by atoms with van der Waals surface area (Å²) in [5.41, 5.74) is 0.709. The first kappa shape index (κ1) is 15.8. The van der Waals surface area contributed by atoms with Gasteiger partial charge in [0.05, 0.1) is 15.7 Å². The fourth-order valence-corrected chi connectivity index (χ4v) is 2.26. The van der Waals surface area contributed by atoms with E-state index in [2.05, 4.69) is 26.6 Å². The number of rotatable bonds is 2. The van der Waals surface area contributed by atoms with Crippen molar-refractivity contribution in [2.75, 3.05) is 10.6 Å². The van der Waals surface area contributed by atoms with Crippen LogP contribution in [-0.2, 0) is 9.59 Å². The van der Waals surface area contributed by atoms with E-state index in [-0.39, 0.29) is 15.7 Å². The number of anilines is 2. The zero-order valence-corrected chi connectivity index (χ0v) is 13.6. The standard InChI is InChI=1S/C14H9BrCl2N2O2/c15-8-4-6-9(7-5-8)18-13(20)14(21)19-12-10(16)2-1-3-11(12)17/h1-7H,(H,18,20)(H,19,21). The van der Waals surface area contributed by atoms with Gasteiger partial charge in [-0.05, 0) is 36.4 Å². The van der Waals surface area contributed by atoms with Crippen molar-refractivity contribution in [1.82, 2.24) is 0 Å². The number of nitrogens with one attached hydrogen (secondary N) is 2. The van der Waals surface area contributed by atoms with Gasteiger partial charge in [0.1, 0.15) is 0 Å². The van der Waals surface area contributed by atoms with Crippen molar-refractivity contribution in [3.8, 4) is 0 Å². The van der Waals surface area contributed by atoms with Crippen molar-refractivity contribution in [2.45, 2.75) is 0 Å². The van der Waals surface area contributed by atoms with E-state index in [0.717, 1.165) is 4.47 Å². The second-order valence-electron chi connectivity index (χ2n) is 4.01. The molecule has 0 heterocycles. The minimum absolute atomic E-state index is 0.205. The fourth-order valence-electron chi connectivity index (χ4n) is 1.51. The lowest BCUT2D eigenvalue weighted by Crippen LogP contribution is -2.29. The predicted molar refractivity (Wildman–Crippen MR) is 87.9 cm³/mol. The van der Waals surface area contributed by atoms with Crippen molar-refractivity contribution in [2.24, 2.45) is 0 Å². The molecule has 0 bridgehead atoms. The maximum absolute atomic E-state index is 11.8. The number of carbonyl (C=O) groups excluding carboxylic acids is 2. The first-order valence-electron chi connectivity index (χ1n) is 5.79. The SMILES string of the molecule is O=C(Nc1ccc(Br)cc1)C(=O)Nc1c(Cl)cccc1Cl. The summed E-state index contributed by atoms with van der Waals surface area (Å²) in [5.74, 6) is -1.67. The Kier molecular flexibility index (Phi) is 5.22. The molecule has 0 aliphatic rings. The van der Waals surface area contributed by atoms with Crippen LogP contribution < -0.4 is 10.6 Å². The second-order valence-corrected chi connectivity index (χ2v) is 5.74. The third kappa shape index (κ3) is 4.20. The Morgan fingerprint density at radius 1 is 0.857 bits per heavy atom. The lowest BCUT2D eigenvalue weighted by Gasteiger charge is -2.09. The molecule has 0 spiro atoms. The van der Waals surface area contributed by atoms with Gasteiger partial charge in [-0.25, -0.2) is 0 Å². The molecule has 0 saturated carbocycles. The molecular weight excluding hydrogens is 379 g/mol. The van der Waals surface area contributed by atoms with E-state index in [1.54, 1.807) is 42.5 Å². The smallest absolute Gasteiger partial charge is 0.314 e. The molecule has 2 rings (SSSR count). The number of hydrogen-bond donors (Lipinski definition) is 2. The van der Waals surface area contributed by atoms with E-state index in [4.69, 9.17) is 23.2 Å². The molecule has 21 heavy (non-hydrogen) atoms. The summed E-state index contributed by atoms with van der Waals surface area (Å²) < 4.78 is 0.868. The van der Waals surface area contributed by atoms with Gasteiger partial charge in [0, 0.05) is 10.2 Å². The van der Waals surface area contributed by atoms with Crippen LogP contribution in [0, 0.1) is 0 Å². The molecule has 0 saturated heterocycles. The first-order chi connectivity index (χ1) is 9.97. The Morgan fingerprint density at radius 2 is 1.38 bits per heavy atom. The molecular formula is C14H9BrCl2N2O2. The first-order valence-corrected chi connectivity index (χ1v) is 7.34. The molecule has 0 unspecified atom stereocenters. The van der Waals surface area contributed by atoms with Crippen LogP contribution in [0.2, 0.25) is 10.0 Å². The maximum Gasteiger partial charge on any atom is 0.314 e. The predicted octanol–water partition coefficient (Wildman–Crippen LogP) is 4.33. The van der Waals surface area contributed by atoms with E-state index >= 15 is 0 Å². The molecule has 0 aromatic heterocycles. The highest BCUT2D eigenvalue weighted by molar-refractivity contribution is 9.10. The zero-order chi connectivity index (χ0) is 15.4. The maximum atomic E-state index is 11.8. The van der Waals surface area contributed by atoms with E-state index in [0.29, 0.717) is 5.69 Å².